The smallest absolute Gasteiger partial charge is 0.229 e. The van der Waals surface area contributed by atoms with Crippen molar-refractivity contribution in [1.82, 2.24) is 0 Å². The molecular weight excluding hydrogens is 242 g/mol. The van der Waals surface area contributed by atoms with Gasteiger partial charge in [0.05, 0.1) is 11.2 Å². The predicted molar refractivity (Wildman–Crippen MR) is 52.9 cm³/mol. The number of anilines is 1. The highest BCUT2D eigenvalue weighted by Crippen LogP contribution is 2.14. The normalized spacial score (nSPS) is 12.4. The van der Waals surface area contributed by atoms with Crippen molar-refractivity contribution in [3.05, 3.63) is 24.3 Å². The minimum atomic E-state index is -4.49. The van der Waals surface area contributed by atoms with Crippen LogP contribution < -0.4 is 4.72 Å². The average Bonchev–Trinajstić information content (AvgIpc) is 2.00. The van der Waals surface area contributed by atoms with Crippen LogP contribution in [0.4, 0.5) is 5.69 Å². The Labute approximate surface area is 87.7 Å². The summed E-state index contributed by atoms with van der Waals surface area (Å²) in [6.45, 7) is 0. The molecule has 84 valence electrons. The standard InChI is InChI=1S/C7H9NO5S2/c1-14(9,10)8-6-2-4-7(5-3-6)15(11,12)13/h2-5,8H,1H3,(H,11,12,13)/p-1. The van der Waals surface area contributed by atoms with E-state index in [1.54, 1.807) is 0 Å². The first kappa shape index (κ1) is 12.0. The fourth-order valence-electron chi connectivity index (χ4n) is 0.904. The largest absolute Gasteiger partial charge is 0.744 e. The van der Waals surface area contributed by atoms with E-state index < -0.39 is 25.0 Å². The molecule has 0 aromatic heterocycles. The Morgan fingerprint density at radius 1 is 1.07 bits per heavy atom. The molecule has 0 bridgehead atoms. The van der Waals surface area contributed by atoms with E-state index >= 15 is 0 Å². The van der Waals surface area contributed by atoms with Crippen LogP contribution in [0.3, 0.4) is 0 Å². The van der Waals surface area contributed by atoms with Crippen LogP contribution in [-0.2, 0) is 20.1 Å². The van der Waals surface area contributed by atoms with Crippen molar-refractivity contribution in [2.24, 2.45) is 0 Å². The van der Waals surface area contributed by atoms with E-state index in [4.69, 9.17) is 0 Å². The van der Waals surface area contributed by atoms with Gasteiger partial charge in [-0.1, -0.05) is 0 Å². The fraction of sp³-hybridized carbons (Fsp3) is 0.143. The third kappa shape index (κ3) is 3.86. The van der Waals surface area contributed by atoms with Gasteiger partial charge in [-0.3, -0.25) is 4.72 Å². The van der Waals surface area contributed by atoms with Gasteiger partial charge in [0.25, 0.3) is 0 Å². The maximum atomic E-state index is 10.8. The van der Waals surface area contributed by atoms with Crippen molar-refractivity contribution < 1.29 is 21.4 Å². The van der Waals surface area contributed by atoms with Crippen LogP contribution in [0.2, 0.25) is 0 Å². The van der Waals surface area contributed by atoms with E-state index in [0.29, 0.717) is 0 Å². The van der Waals surface area contributed by atoms with Gasteiger partial charge in [-0.05, 0) is 24.3 Å². The quantitative estimate of drug-likeness (QED) is 0.758. The second-order valence-corrected chi connectivity index (χ2v) is 5.98. The van der Waals surface area contributed by atoms with E-state index in [0.717, 1.165) is 18.4 Å². The number of hydrogen-bond donors (Lipinski definition) is 1. The highest BCUT2D eigenvalue weighted by Gasteiger charge is 2.03. The molecule has 0 aliphatic carbocycles. The van der Waals surface area contributed by atoms with Gasteiger partial charge in [0, 0.05) is 5.69 Å². The van der Waals surface area contributed by atoms with Gasteiger partial charge in [0.15, 0.2) is 0 Å². The van der Waals surface area contributed by atoms with Crippen LogP contribution in [0.1, 0.15) is 0 Å². The number of rotatable bonds is 3. The molecule has 0 saturated carbocycles. The number of benzene rings is 1. The molecular formula is C7H8NO5S2-. The minimum Gasteiger partial charge on any atom is -0.744 e. The molecule has 0 aliphatic rings. The monoisotopic (exact) mass is 250 g/mol. The third-order valence-electron chi connectivity index (χ3n) is 1.45. The molecule has 1 aromatic carbocycles. The Kier molecular flexibility index (Phi) is 3.03. The summed E-state index contributed by atoms with van der Waals surface area (Å²) in [6.07, 6.45) is 0.964. The first-order valence-electron chi connectivity index (χ1n) is 3.72. The summed E-state index contributed by atoms with van der Waals surface area (Å²) in [7, 11) is -7.89. The van der Waals surface area contributed by atoms with Gasteiger partial charge in [-0.25, -0.2) is 16.8 Å². The first-order valence-corrected chi connectivity index (χ1v) is 7.02. The molecule has 6 nitrogen and oxygen atoms in total. The van der Waals surface area contributed by atoms with Crippen LogP contribution in [0.15, 0.2) is 29.2 Å². The van der Waals surface area contributed by atoms with Crippen molar-refractivity contribution in [1.29, 1.82) is 0 Å². The van der Waals surface area contributed by atoms with Gasteiger partial charge in [-0.15, -0.1) is 0 Å². The van der Waals surface area contributed by atoms with Crippen molar-refractivity contribution >= 4 is 25.8 Å². The number of sulfonamides is 1. The van der Waals surface area contributed by atoms with E-state index in [1.807, 2.05) is 0 Å². The van der Waals surface area contributed by atoms with Gasteiger partial charge in [0.2, 0.25) is 10.0 Å². The summed E-state index contributed by atoms with van der Waals surface area (Å²) in [6, 6.07) is 4.48. The van der Waals surface area contributed by atoms with E-state index in [2.05, 4.69) is 4.72 Å². The van der Waals surface area contributed by atoms with Crippen LogP contribution in [-0.4, -0.2) is 27.6 Å². The van der Waals surface area contributed by atoms with Gasteiger partial charge < -0.3 is 4.55 Å². The second kappa shape index (κ2) is 3.80. The average molecular weight is 250 g/mol. The molecule has 0 atom stereocenters. The fourth-order valence-corrected chi connectivity index (χ4v) is 1.94. The number of hydrogen-bond acceptors (Lipinski definition) is 5. The molecule has 0 fully saturated rings. The van der Waals surface area contributed by atoms with Crippen molar-refractivity contribution in [2.75, 3.05) is 11.0 Å². The highest BCUT2D eigenvalue weighted by molar-refractivity contribution is 7.92. The Balaban J connectivity index is 3.02. The maximum absolute atomic E-state index is 10.8. The molecule has 0 saturated heterocycles. The zero-order valence-corrected chi connectivity index (χ0v) is 9.30. The Hall–Kier alpha value is -1.12. The highest BCUT2D eigenvalue weighted by atomic mass is 32.2. The summed E-state index contributed by atoms with van der Waals surface area (Å²) < 4.78 is 55.3. The summed E-state index contributed by atoms with van der Waals surface area (Å²) in [5, 5.41) is 0. The van der Waals surface area contributed by atoms with Gasteiger partial charge in [-0.2, -0.15) is 0 Å². The molecule has 1 rings (SSSR count). The molecule has 0 radical (unpaired) electrons. The summed E-state index contributed by atoms with van der Waals surface area (Å²) >= 11 is 0. The summed E-state index contributed by atoms with van der Waals surface area (Å²) in [5.74, 6) is 0. The Morgan fingerprint density at radius 3 is 1.87 bits per heavy atom. The first-order chi connectivity index (χ1) is 6.68. The van der Waals surface area contributed by atoms with Crippen molar-refractivity contribution in [3.8, 4) is 0 Å². The molecule has 15 heavy (non-hydrogen) atoms. The van der Waals surface area contributed by atoms with Crippen LogP contribution in [0.25, 0.3) is 0 Å². The Morgan fingerprint density at radius 2 is 1.53 bits per heavy atom. The minimum absolute atomic E-state index is 0.199. The van der Waals surface area contributed by atoms with Gasteiger partial charge in [0.1, 0.15) is 10.1 Å². The lowest BCUT2D eigenvalue weighted by atomic mass is 10.3. The van der Waals surface area contributed by atoms with Gasteiger partial charge >= 0.3 is 0 Å². The van der Waals surface area contributed by atoms with Crippen LogP contribution in [0.5, 0.6) is 0 Å². The molecule has 0 amide bonds. The molecule has 0 heterocycles. The lowest BCUT2D eigenvalue weighted by Crippen LogP contribution is -2.09. The zero-order valence-electron chi connectivity index (χ0n) is 7.67. The van der Waals surface area contributed by atoms with Crippen molar-refractivity contribution in [3.63, 3.8) is 0 Å². The van der Waals surface area contributed by atoms with E-state index in [1.165, 1.54) is 12.1 Å². The zero-order chi connectivity index (χ0) is 11.7. The molecule has 8 heteroatoms. The molecule has 0 unspecified atom stereocenters. The lowest BCUT2D eigenvalue weighted by molar-refractivity contribution is 0.463. The SMILES string of the molecule is CS(=O)(=O)Nc1ccc(S(=O)(=O)[O-])cc1. The van der Waals surface area contributed by atoms with Crippen LogP contribution >= 0.6 is 0 Å². The second-order valence-electron chi connectivity index (χ2n) is 2.85. The lowest BCUT2D eigenvalue weighted by Gasteiger charge is -2.08. The number of nitrogens with one attached hydrogen (secondary N) is 1. The molecule has 1 aromatic rings. The predicted octanol–water partition coefficient (Wildman–Crippen LogP) is -0.0378. The topological polar surface area (TPSA) is 103 Å². The third-order valence-corrected chi connectivity index (χ3v) is 2.90. The summed E-state index contributed by atoms with van der Waals surface area (Å²) in [4.78, 5) is -0.401. The summed E-state index contributed by atoms with van der Waals surface area (Å²) in [5.41, 5.74) is 0.199. The Bertz CT molecular complexity index is 544. The van der Waals surface area contributed by atoms with Crippen LogP contribution in [0, 0.1) is 0 Å². The maximum Gasteiger partial charge on any atom is 0.229 e. The van der Waals surface area contributed by atoms with E-state index in [9.17, 15) is 21.4 Å². The van der Waals surface area contributed by atoms with E-state index in [-0.39, 0.29) is 5.69 Å². The molecule has 0 spiro atoms. The molecule has 1 N–H and O–H groups in total. The molecule has 0 aliphatic heterocycles. The van der Waals surface area contributed by atoms with Crippen molar-refractivity contribution in [2.45, 2.75) is 4.90 Å².